The van der Waals surface area contributed by atoms with Gasteiger partial charge in [0.1, 0.15) is 11.4 Å². The van der Waals surface area contributed by atoms with Gasteiger partial charge < -0.3 is 20.6 Å². The van der Waals surface area contributed by atoms with Crippen LogP contribution in [0.5, 0.6) is 0 Å². The van der Waals surface area contributed by atoms with Crippen LogP contribution in [0, 0.1) is 13.8 Å². The number of nitrogens with one attached hydrogen (secondary N) is 2. The van der Waals surface area contributed by atoms with Crippen molar-refractivity contribution in [3.05, 3.63) is 82.4 Å². The molecule has 4 aromatic heterocycles. The monoisotopic (exact) mass is 678 g/mol. The van der Waals surface area contributed by atoms with Crippen molar-refractivity contribution in [2.45, 2.75) is 66.7 Å². The van der Waals surface area contributed by atoms with E-state index in [1.807, 2.05) is 36.8 Å². The third kappa shape index (κ3) is 6.54. The Morgan fingerprint density at radius 1 is 0.640 bits per heavy atom. The highest BCUT2D eigenvalue weighted by Crippen LogP contribution is 2.25. The molecule has 0 spiro atoms. The Morgan fingerprint density at radius 2 is 1.04 bits per heavy atom. The van der Waals surface area contributed by atoms with Gasteiger partial charge in [-0.2, -0.15) is 10.2 Å². The van der Waals surface area contributed by atoms with Crippen LogP contribution < -0.4 is 22.1 Å². The summed E-state index contributed by atoms with van der Waals surface area (Å²) in [5.74, 6) is -1.25. The maximum Gasteiger partial charge on any atom is 0.276 e. The van der Waals surface area contributed by atoms with E-state index in [-0.39, 0.29) is 11.8 Å². The number of rotatable bonds is 13. The largest absolute Gasteiger partial charge is 0.366 e. The molecule has 4 heterocycles. The molecule has 0 saturated heterocycles. The van der Waals surface area contributed by atoms with Crippen molar-refractivity contribution in [1.82, 2.24) is 38.7 Å². The zero-order chi connectivity index (χ0) is 35.7. The van der Waals surface area contributed by atoms with E-state index < -0.39 is 11.8 Å². The summed E-state index contributed by atoms with van der Waals surface area (Å²) in [5.41, 5.74) is 16.3. The lowest BCUT2D eigenvalue weighted by Crippen LogP contribution is -2.20. The molecule has 4 amide bonds. The van der Waals surface area contributed by atoms with Gasteiger partial charge in [0.25, 0.3) is 11.8 Å². The van der Waals surface area contributed by atoms with E-state index in [4.69, 9.17) is 11.5 Å². The average molecular weight is 679 g/mol. The molecule has 0 unspecified atom stereocenters. The molecule has 0 saturated carbocycles. The number of fused-ring (bicyclic) bond motifs is 2. The van der Waals surface area contributed by atoms with Crippen molar-refractivity contribution in [2.24, 2.45) is 11.5 Å². The number of nitrogens with two attached hydrogens (primary N) is 2. The summed E-state index contributed by atoms with van der Waals surface area (Å²) in [5, 5.41) is 14.6. The van der Waals surface area contributed by atoms with E-state index in [1.165, 1.54) is 0 Å². The Bertz CT molecular complexity index is 2130. The summed E-state index contributed by atoms with van der Waals surface area (Å²) in [4.78, 5) is 59.9. The number of carbonyl (C=O) groups is 4. The molecule has 0 radical (unpaired) electrons. The van der Waals surface area contributed by atoms with E-state index in [2.05, 4.69) is 30.8 Å². The summed E-state index contributed by atoms with van der Waals surface area (Å²) >= 11 is 0. The fourth-order valence-electron chi connectivity index (χ4n) is 6.02. The predicted molar refractivity (Wildman–Crippen MR) is 187 cm³/mol. The number of carbonyl (C=O) groups excluding carboxylic acids is 4. The van der Waals surface area contributed by atoms with E-state index >= 15 is 0 Å². The summed E-state index contributed by atoms with van der Waals surface area (Å²) < 4.78 is 7.02. The van der Waals surface area contributed by atoms with Crippen molar-refractivity contribution in [3.8, 4) is 0 Å². The molecule has 16 nitrogen and oxygen atoms in total. The van der Waals surface area contributed by atoms with Crippen LogP contribution in [0.15, 0.2) is 48.5 Å². The van der Waals surface area contributed by atoms with E-state index in [0.29, 0.717) is 95.5 Å². The molecule has 0 fully saturated rings. The quantitative estimate of drug-likeness (QED) is 0.132. The second-order valence-corrected chi connectivity index (χ2v) is 11.9. The number of hydrogen-bond acceptors (Lipinski definition) is 8. The number of nitrogens with zero attached hydrogens (tertiary/aromatic N) is 8. The number of benzene rings is 2. The second-order valence-electron chi connectivity index (χ2n) is 11.9. The lowest BCUT2D eigenvalue weighted by molar-refractivity contribution is 0.0992. The molecule has 0 aliphatic heterocycles. The highest BCUT2D eigenvalue weighted by atomic mass is 16.2. The molecule has 16 heteroatoms. The molecular formula is C34H38N12O4. The van der Waals surface area contributed by atoms with Gasteiger partial charge in [-0.05, 0) is 89.1 Å². The summed E-state index contributed by atoms with van der Waals surface area (Å²) in [6.45, 7) is 9.41. The first-order chi connectivity index (χ1) is 24.0. The Hall–Kier alpha value is -6.32. The van der Waals surface area contributed by atoms with Crippen LogP contribution in [0.25, 0.3) is 22.1 Å². The zero-order valence-electron chi connectivity index (χ0n) is 28.2. The smallest absolute Gasteiger partial charge is 0.276 e. The van der Waals surface area contributed by atoms with Crippen LogP contribution in [-0.2, 0) is 26.2 Å². The first-order valence-electron chi connectivity index (χ1n) is 16.3. The van der Waals surface area contributed by atoms with Crippen LogP contribution in [0.1, 0.15) is 79.8 Å². The standard InChI is InChI=1S/C34H38N12O4/c1-5-45-27(15-19(3)41-45)31(49)39-33-37-23-17-21(29(35)47)9-11-25(23)43(33)13-7-8-14-44-26-12-10-22(30(36)48)18-24(26)38-34(44)40-32(50)28-16-20(4)42-46(28)6-2/h9-12,15-18H,5-8,13-14H2,1-4H3,(H2,35,47)(H2,36,48)(H,37,39,49)(H,38,40,50). The number of hydrogen-bond donors (Lipinski definition) is 4. The highest BCUT2D eigenvalue weighted by molar-refractivity contribution is 6.04. The van der Waals surface area contributed by atoms with Crippen LogP contribution in [0.2, 0.25) is 0 Å². The molecule has 0 bridgehead atoms. The maximum atomic E-state index is 13.4. The number of primary amides is 2. The van der Waals surface area contributed by atoms with Crippen LogP contribution in [0.3, 0.4) is 0 Å². The van der Waals surface area contributed by atoms with Crippen molar-refractivity contribution in [1.29, 1.82) is 0 Å². The van der Waals surface area contributed by atoms with Crippen LogP contribution >= 0.6 is 0 Å². The van der Waals surface area contributed by atoms with E-state index in [1.54, 1.807) is 57.9 Å². The van der Waals surface area contributed by atoms with Gasteiger partial charge in [-0.3, -0.25) is 39.2 Å². The molecule has 0 aliphatic carbocycles. The number of amides is 4. The van der Waals surface area contributed by atoms with Gasteiger partial charge in [0.15, 0.2) is 0 Å². The molecule has 6 rings (SSSR count). The minimum absolute atomic E-state index is 0.304. The number of unbranched alkanes of at least 4 members (excludes halogenated alkanes) is 1. The third-order valence-corrected chi connectivity index (χ3v) is 8.40. The molecular weight excluding hydrogens is 640 g/mol. The van der Waals surface area contributed by atoms with Crippen LogP contribution in [-0.4, -0.2) is 62.3 Å². The van der Waals surface area contributed by atoms with Crippen molar-refractivity contribution >= 4 is 57.6 Å². The molecule has 258 valence electrons. The maximum absolute atomic E-state index is 13.4. The Balaban J connectivity index is 1.27. The number of aryl methyl sites for hydroxylation is 6. The molecule has 0 aliphatic rings. The minimum atomic E-state index is -0.581. The predicted octanol–water partition coefficient (Wildman–Crippen LogP) is 3.62. The number of imidazole rings is 2. The van der Waals surface area contributed by atoms with Gasteiger partial charge in [0, 0.05) is 37.3 Å². The first-order valence-corrected chi connectivity index (χ1v) is 16.3. The first kappa shape index (κ1) is 33.6. The Morgan fingerprint density at radius 3 is 1.40 bits per heavy atom. The Labute approximate surface area is 286 Å². The minimum Gasteiger partial charge on any atom is -0.366 e. The van der Waals surface area contributed by atoms with Crippen molar-refractivity contribution < 1.29 is 19.2 Å². The summed E-state index contributed by atoms with van der Waals surface area (Å²) in [6, 6.07) is 13.4. The van der Waals surface area contributed by atoms with Gasteiger partial charge in [-0.1, -0.05) is 0 Å². The lowest BCUT2D eigenvalue weighted by atomic mass is 10.2. The van der Waals surface area contributed by atoms with Gasteiger partial charge in [-0.15, -0.1) is 0 Å². The van der Waals surface area contributed by atoms with Crippen molar-refractivity contribution in [3.63, 3.8) is 0 Å². The molecule has 0 atom stereocenters. The zero-order valence-corrected chi connectivity index (χ0v) is 28.2. The molecule has 6 N–H and O–H groups in total. The average Bonchev–Trinajstić information content (AvgIpc) is 3.84. The van der Waals surface area contributed by atoms with E-state index in [0.717, 1.165) is 11.4 Å². The van der Waals surface area contributed by atoms with Gasteiger partial charge in [0.2, 0.25) is 23.7 Å². The molecule has 6 aromatic rings. The SMILES string of the molecule is CCn1nc(C)cc1C(=O)Nc1nc2cc(C(N)=O)ccc2n1CCCCn1c(NC(=O)c2cc(C)nn2CC)nc2cc(C(N)=O)ccc21. The van der Waals surface area contributed by atoms with Gasteiger partial charge in [0.05, 0.1) is 33.5 Å². The summed E-state index contributed by atoms with van der Waals surface area (Å²) in [7, 11) is 0. The number of anilines is 2. The molecule has 2 aromatic carbocycles. The second kappa shape index (κ2) is 13.7. The highest BCUT2D eigenvalue weighted by Gasteiger charge is 2.21. The fourth-order valence-corrected chi connectivity index (χ4v) is 6.02. The van der Waals surface area contributed by atoms with Crippen molar-refractivity contribution in [2.75, 3.05) is 10.6 Å². The third-order valence-electron chi connectivity index (χ3n) is 8.40. The van der Waals surface area contributed by atoms with Gasteiger partial charge >= 0.3 is 0 Å². The normalized spacial score (nSPS) is 11.4. The Kier molecular flexibility index (Phi) is 9.17. The van der Waals surface area contributed by atoms with Gasteiger partial charge in [-0.25, -0.2) is 9.97 Å². The molecule has 50 heavy (non-hydrogen) atoms. The lowest BCUT2D eigenvalue weighted by Gasteiger charge is -2.13. The summed E-state index contributed by atoms with van der Waals surface area (Å²) in [6.07, 6.45) is 1.26. The topological polar surface area (TPSA) is 216 Å². The fraction of sp³-hybridized carbons (Fsp3) is 0.294. The van der Waals surface area contributed by atoms with E-state index in [9.17, 15) is 19.2 Å². The van der Waals surface area contributed by atoms with Crippen LogP contribution in [0.4, 0.5) is 11.9 Å². The number of aromatic nitrogens is 8.